The summed E-state index contributed by atoms with van der Waals surface area (Å²) in [5.74, 6) is 0.174. The summed E-state index contributed by atoms with van der Waals surface area (Å²) in [4.78, 5) is 4.12. The van der Waals surface area contributed by atoms with Crippen LogP contribution in [0.2, 0.25) is 5.02 Å². The van der Waals surface area contributed by atoms with E-state index in [2.05, 4.69) is 4.98 Å². The highest BCUT2D eigenvalue weighted by Crippen LogP contribution is 2.28. The normalized spacial score (nSPS) is 10.5. The Morgan fingerprint density at radius 3 is 2.88 bits per heavy atom. The van der Waals surface area contributed by atoms with E-state index in [1.807, 2.05) is 0 Å². The number of anilines is 1. The van der Waals surface area contributed by atoms with Crippen LogP contribution in [-0.2, 0) is 5.75 Å². The lowest BCUT2D eigenvalue weighted by Crippen LogP contribution is -1.92. The third kappa shape index (κ3) is 3.11. The highest BCUT2D eigenvalue weighted by molar-refractivity contribution is 7.98. The number of hydrogen-bond acceptors (Lipinski definition) is 3. The molecule has 2 rings (SSSR count). The van der Waals surface area contributed by atoms with E-state index in [9.17, 15) is 4.39 Å². The number of nitrogens with two attached hydrogens (primary N) is 1. The van der Waals surface area contributed by atoms with Crippen molar-refractivity contribution in [2.75, 3.05) is 5.73 Å². The lowest BCUT2D eigenvalue weighted by Gasteiger charge is -2.04. The molecule has 0 bridgehead atoms. The van der Waals surface area contributed by atoms with Crippen molar-refractivity contribution in [1.29, 1.82) is 0 Å². The molecule has 5 heteroatoms. The summed E-state index contributed by atoms with van der Waals surface area (Å²) in [6.07, 6.45) is 1.66. The summed E-state index contributed by atoms with van der Waals surface area (Å²) in [6, 6.07) is 8.19. The predicted octanol–water partition coefficient (Wildman–Crippen LogP) is 3.75. The SMILES string of the molecule is Nc1ccc(CSc2ncccc2Cl)c(F)c1. The molecule has 0 amide bonds. The number of nitrogens with zero attached hydrogens (tertiary/aromatic N) is 1. The Morgan fingerprint density at radius 2 is 2.18 bits per heavy atom. The van der Waals surface area contributed by atoms with E-state index in [4.69, 9.17) is 17.3 Å². The Kier molecular flexibility index (Phi) is 3.86. The van der Waals surface area contributed by atoms with Gasteiger partial charge in [-0.1, -0.05) is 17.7 Å². The molecular weight excluding hydrogens is 259 g/mol. The third-order valence-electron chi connectivity index (χ3n) is 2.17. The summed E-state index contributed by atoms with van der Waals surface area (Å²) in [7, 11) is 0. The molecule has 17 heavy (non-hydrogen) atoms. The zero-order valence-electron chi connectivity index (χ0n) is 8.86. The van der Waals surface area contributed by atoms with Crippen LogP contribution in [-0.4, -0.2) is 4.98 Å². The molecule has 0 saturated carbocycles. The maximum atomic E-state index is 13.5. The number of rotatable bonds is 3. The molecule has 0 radical (unpaired) electrons. The van der Waals surface area contributed by atoms with Crippen molar-refractivity contribution < 1.29 is 4.39 Å². The molecule has 0 unspecified atom stereocenters. The van der Waals surface area contributed by atoms with E-state index in [-0.39, 0.29) is 5.82 Å². The Labute approximate surface area is 108 Å². The summed E-state index contributed by atoms with van der Waals surface area (Å²) in [6.45, 7) is 0. The van der Waals surface area contributed by atoms with Crippen molar-refractivity contribution >= 4 is 29.1 Å². The molecule has 1 aromatic heterocycles. The standard InChI is InChI=1S/C12H10ClFN2S/c13-10-2-1-5-16-12(10)17-7-8-3-4-9(15)6-11(8)14/h1-6H,7,15H2. The molecular formula is C12H10ClFN2S. The maximum absolute atomic E-state index is 13.5. The van der Waals surface area contributed by atoms with E-state index in [0.29, 0.717) is 27.1 Å². The lowest BCUT2D eigenvalue weighted by atomic mass is 10.2. The quantitative estimate of drug-likeness (QED) is 0.681. The summed E-state index contributed by atoms with van der Waals surface area (Å²) < 4.78 is 13.5. The zero-order valence-corrected chi connectivity index (χ0v) is 10.4. The Morgan fingerprint density at radius 1 is 1.35 bits per heavy atom. The third-order valence-corrected chi connectivity index (χ3v) is 3.64. The molecule has 2 aromatic rings. The first-order valence-electron chi connectivity index (χ1n) is 4.94. The van der Waals surface area contributed by atoms with Gasteiger partial charge in [0, 0.05) is 17.6 Å². The van der Waals surface area contributed by atoms with Gasteiger partial charge >= 0.3 is 0 Å². The molecule has 0 atom stereocenters. The molecule has 0 fully saturated rings. The van der Waals surface area contributed by atoms with Crippen molar-refractivity contribution in [3.8, 4) is 0 Å². The average molecular weight is 269 g/mol. The number of hydrogen-bond donors (Lipinski definition) is 1. The van der Waals surface area contributed by atoms with E-state index in [1.54, 1.807) is 30.5 Å². The fourth-order valence-corrected chi connectivity index (χ4v) is 2.46. The van der Waals surface area contributed by atoms with Gasteiger partial charge in [0.05, 0.1) is 5.02 Å². The van der Waals surface area contributed by atoms with Crippen molar-refractivity contribution in [1.82, 2.24) is 4.98 Å². The molecule has 0 aliphatic rings. The van der Waals surface area contributed by atoms with Crippen LogP contribution in [0.15, 0.2) is 41.6 Å². The van der Waals surface area contributed by atoms with Crippen LogP contribution < -0.4 is 5.73 Å². The van der Waals surface area contributed by atoms with Crippen LogP contribution in [0.3, 0.4) is 0 Å². The minimum Gasteiger partial charge on any atom is -0.399 e. The molecule has 1 heterocycles. The molecule has 1 aromatic carbocycles. The summed E-state index contributed by atoms with van der Waals surface area (Å²) in [5.41, 5.74) is 6.49. The molecule has 2 nitrogen and oxygen atoms in total. The second-order valence-corrected chi connectivity index (χ2v) is 4.80. The van der Waals surface area contributed by atoms with Crippen LogP contribution in [0.4, 0.5) is 10.1 Å². The van der Waals surface area contributed by atoms with E-state index < -0.39 is 0 Å². The van der Waals surface area contributed by atoms with Gasteiger partial charge in [0.2, 0.25) is 0 Å². The minimum atomic E-state index is -0.301. The van der Waals surface area contributed by atoms with Gasteiger partial charge in [0.1, 0.15) is 10.8 Å². The van der Waals surface area contributed by atoms with Gasteiger partial charge < -0.3 is 5.73 Å². The topological polar surface area (TPSA) is 38.9 Å². The fraction of sp³-hybridized carbons (Fsp3) is 0.0833. The number of pyridine rings is 1. The van der Waals surface area contributed by atoms with Gasteiger partial charge in [-0.25, -0.2) is 9.37 Å². The van der Waals surface area contributed by atoms with Crippen LogP contribution >= 0.6 is 23.4 Å². The molecule has 2 N–H and O–H groups in total. The first-order valence-corrected chi connectivity index (χ1v) is 6.30. The van der Waals surface area contributed by atoms with Crippen molar-refractivity contribution in [3.63, 3.8) is 0 Å². The molecule has 0 aliphatic heterocycles. The molecule has 0 spiro atoms. The van der Waals surface area contributed by atoms with E-state index >= 15 is 0 Å². The van der Waals surface area contributed by atoms with Gasteiger partial charge in [0.15, 0.2) is 0 Å². The number of halogens is 2. The fourth-order valence-electron chi connectivity index (χ4n) is 1.30. The highest BCUT2D eigenvalue weighted by Gasteiger charge is 2.06. The largest absolute Gasteiger partial charge is 0.399 e. The van der Waals surface area contributed by atoms with Crippen molar-refractivity contribution in [2.24, 2.45) is 0 Å². The Hall–Kier alpha value is -1.26. The summed E-state index contributed by atoms with van der Waals surface area (Å²) >= 11 is 7.35. The van der Waals surface area contributed by atoms with Crippen LogP contribution in [0.25, 0.3) is 0 Å². The predicted molar refractivity (Wildman–Crippen MR) is 69.6 cm³/mol. The smallest absolute Gasteiger partial charge is 0.129 e. The van der Waals surface area contributed by atoms with E-state index in [1.165, 1.54) is 17.8 Å². The summed E-state index contributed by atoms with van der Waals surface area (Å²) in [5, 5.41) is 1.28. The highest BCUT2D eigenvalue weighted by atomic mass is 35.5. The van der Waals surface area contributed by atoms with Crippen molar-refractivity contribution in [3.05, 3.63) is 52.9 Å². The second kappa shape index (κ2) is 5.38. The van der Waals surface area contributed by atoms with E-state index in [0.717, 1.165) is 0 Å². The first kappa shape index (κ1) is 12.2. The van der Waals surface area contributed by atoms with Crippen molar-refractivity contribution in [2.45, 2.75) is 10.8 Å². The number of nitrogen functional groups attached to an aromatic ring is 1. The average Bonchev–Trinajstić information content (AvgIpc) is 2.30. The number of thioether (sulfide) groups is 1. The van der Waals surface area contributed by atoms with Gasteiger partial charge in [-0.15, -0.1) is 11.8 Å². The molecule has 0 saturated heterocycles. The van der Waals surface area contributed by atoms with Crippen LogP contribution in [0.1, 0.15) is 5.56 Å². The molecule has 88 valence electrons. The minimum absolute atomic E-state index is 0.301. The maximum Gasteiger partial charge on any atom is 0.129 e. The lowest BCUT2D eigenvalue weighted by molar-refractivity contribution is 0.618. The Bertz CT molecular complexity index is 534. The van der Waals surface area contributed by atoms with Gasteiger partial charge in [-0.3, -0.25) is 0 Å². The molecule has 0 aliphatic carbocycles. The second-order valence-electron chi connectivity index (χ2n) is 3.43. The van der Waals surface area contributed by atoms with Crippen LogP contribution in [0, 0.1) is 5.82 Å². The van der Waals surface area contributed by atoms with Gasteiger partial charge in [-0.05, 0) is 29.8 Å². The first-order chi connectivity index (χ1) is 8.16. The van der Waals surface area contributed by atoms with Gasteiger partial charge in [-0.2, -0.15) is 0 Å². The Balaban J connectivity index is 2.10. The number of benzene rings is 1. The van der Waals surface area contributed by atoms with Gasteiger partial charge in [0.25, 0.3) is 0 Å². The zero-order chi connectivity index (χ0) is 12.3. The monoisotopic (exact) mass is 268 g/mol. The number of aromatic nitrogens is 1. The van der Waals surface area contributed by atoms with Crippen LogP contribution in [0.5, 0.6) is 0 Å².